The van der Waals surface area contributed by atoms with Gasteiger partial charge in [-0.05, 0) is 104 Å². The average Bonchev–Trinajstić information content (AvgIpc) is 3.80. The van der Waals surface area contributed by atoms with Crippen molar-refractivity contribution >= 4 is 44.9 Å². The predicted octanol–water partition coefficient (Wildman–Crippen LogP) is 15.8. The Hall–Kier alpha value is -7.94. The van der Waals surface area contributed by atoms with Gasteiger partial charge in [0.25, 0.3) is 0 Å². The molecule has 0 radical (unpaired) electrons. The molecule has 0 saturated heterocycles. The lowest BCUT2D eigenvalue weighted by atomic mass is 9.70. The molecule has 1 unspecified atom stereocenters. The van der Waals surface area contributed by atoms with Crippen LogP contribution in [0, 0.1) is 0 Å². The van der Waals surface area contributed by atoms with Crippen molar-refractivity contribution in [1.82, 2.24) is 0 Å². The van der Waals surface area contributed by atoms with Gasteiger partial charge in [0, 0.05) is 33.6 Å². The molecule has 2 aliphatic carbocycles. The van der Waals surface area contributed by atoms with Gasteiger partial charge in [0.15, 0.2) is 0 Å². The monoisotopic (exact) mass is 776 g/mol. The van der Waals surface area contributed by atoms with Gasteiger partial charge in [0.1, 0.15) is 0 Å². The molecule has 0 aromatic heterocycles. The van der Waals surface area contributed by atoms with E-state index >= 15 is 0 Å². The van der Waals surface area contributed by atoms with Crippen molar-refractivity contribution in [3.8, 4) is 33.4 Å². The lowest BCUT2D eigenvalue weighted by Gasteiger charge is -2.33. The zero-order chi connectivity index (χ0) is 40.3. The number of para-hydroxylation sites is 3. The van der Waals surface area contributed by atoms with Crippen molar-refractivity contribution in [2.45, 2.75) is 5.41 Å². The topological polar surface area (TPSA) is 6.48 Å². The fraction of sp³-hybridized carbons (Fsp3) is 0.0169. The number of rotatable bonds is 7. The van der Waals surface area contributed by atoms with Crippen molar-refractivity contribution in [2.24, 2.45) is 0 Å². The summed E-state index contributed by atoms with van der Waals surface area (Å²) in [6, 6.07) is 89.0. The van der Waals surface area contributed by atoms with Crippen molar-refractivity contribution < 1.29 is 0 Å². The number of hydrogen-bond donors (Lipinski definition) is 0. The minimum atomic E-state index is -0.563. The Bertz CT molecular complexity index is 3260. The normalized spacial score (nSPS) is 14.3. The third kappa shape index (κ3) is 5.29. The summed E-state index contributed by atoms with van der Waals surface area (Å²) in [4.78, 5) is 4.92. The third-order valence-corrected chi connectivity index (χ3v) is 12.8. The van der Waals surface area contributed by atoms with Gasteiger partial charge in [-0.25, -0.2) is 0 Å². The number of anilines is 6. The second kappa shape index (κ2) is 14.1. The van der Waals surface area contributed by atoms with Crippen LogP contribution in [0.3, 0.4) is 0 Å². The summed E-state index contributed by atoms with van der Waals surface area (Å²) < 4.78 is 0. The first kappa shape index (κ1) is 35.0. The van der Waals surface area contributed by atoms with Crippen LogP contribution in [0.1, 0.15) is 22.3 Å². The van der Waals surface area contributed by atoms with Gasteiger partial charge < -0.3 is 9.80 Å². The van der Waals surface area contributed by atoms with Gasteiger partial charge in [-0.1, -0.05) is 188 Å². The largest absolute Gasteiger partial charge is 0.310 e. The highest BCUT2D eigenvalue weighted by Gasteiger charge is 2.52. The molecule has 61 heavy (non-hydrogen) atoms. The molecular weight excluding hydrogens is 737 g/mol. The van der Waals surface area contributed by atoms with Gasteiger partial charge in [-0.2, -0.15) is 0 Å². The SMILES string of the molecule is c1ccc(-c2ccccc2N(c2ccccc2)c2cccc3c2-c2ccccc2C32c3ccccc3-c3ccc(N(c4ccccc4)c4cccc5ccccc45)cc32)cc1. The molecule has 2 heteroatoms. The second-order valence-corrected chi connectivity index (χ2v) is 16.0. The van der Waals surface area contributed by atoms with E-state index in [4.69, 9.17) is 0 Å². The molecule has 0 bridgehead atoms. The van der Waals surface area contributed by atoms with Gasteiger partial charge >= 0.3 is 0 Å². The van der Waals surface area contributed by atoms with Crippen LogP contribution in [0.5, 0.6) is 0 Å². The van der Waals surface area contributed by atoms with Crippen molar-refractivity contribution in [3.05, 3.63) is 265 Å². The summed E-state index contributed by atoms with van der Waals surface area (Å²) >= 11 is 0. The molecule has 0 heterocycles. The van der Waals surface area contributed by atoms with Crippen LogP contribution in [-0.2, 0) is 5.41 Å². The molecule has 1 spiro atoms. The molecule has 0 N–H and O–H groups in total. The molecule has 0 aliphatic heterocycles. The van der Waals surface area contributed by atoms with Gasteiger partial charge in [-0.15, -0.1) is 0 Å². The van der Waals surface area contributed by atoms with Crippen LogP contribution in [0.15, 0.2) is 243 Å². The summed E-state index contributed by atoms with van der Waals surface area (Å²) in [5.74, 6) is 0. The molecule has 10 aromatic carbocycles. The minimum absolute atomic E-state index is 0.563. The zero-order valence-electron chi connectivity index (χ0n) is 33.5. The molecule has 0 saturated carbocycles. The molecule has 12 rings (SSSR count). The first-order valence-corrected chi connectivity index (χ1v) is 21.1. The fourth-order valence-corrected chi connectivity index (χ4v) is 10.4. The highest BCUT2D eigenvalue weighted by molar-refractivity contribution is 6.04. The van der Waals surface area contributed by atoms with E-state index in [0.717, 1.165) is 34.1 Å². The Morgan fingerprint density at radius 3 is 1.56 bits per heavy atom. The van der Waals surface area contributed by atoms with E-state index in [2.05, 4.69) is 252 Å². The Balaban J connectivity index is 1.15. The second-order valence-electron chi connectivity index (χ2n) is 16.0. The van der Waals surface area contributed by atoms with Crippen LogP contribution in [0.4, 0.5) is 34.1 Å². The van der Waals surface area contributed by atoms with Crippen LogP contribution < -0.4 is 9.80 Å². The van der Waals surface area contributed by atoms with E-state index < -0.39 is 5.41 Å². The summed E-state index contributed by atoms with van der Waals surface area (Å²) in [5.41, 5.74) is 18.9. The molecular formula is C59H40N2. The maximum atomic E-state index is 2.49. The smallest absolute Gasteiger partial charge is 0.0727 e. The average molecular weight is 777 g/mol. The van der Waals surface area contributed by atoms with E-state index in [1.54, 1.807) is 0 Å². The summed E-state index contributed by atoms with van der Waals surface area (Å²) in [6.07, 6.45) is 0. The predicted molar refractivity (Wildman–Crippen MR) is 255 cm³/mol. The molecule has 2 aliphatic rings. The van der Waals surface area contributed by atoms with Crippen molar-refractivity contribution in [3.63, 3.8) is 0 Å². The van der Waals surface area contributed by atoms with E-state index in [9.17, 15) is 0 Å². The molecule has 0 fully saturated rings. The van der Waals surface area contributed by atoms with E-state index in [1.807, 2.05) is 0 Å². The summed E-state index contributed by atoms with van der Waals surface area (Å²) in [7, 11) is 0. The molecule has 10 aromatic rings. The molecule has 1 atom stereocenters. The number of benzene rings is 10. The van der Waals surface area contributed by atoms with Gasteiger partial charge in [0.2, 0.25) is 0 Å². The Morgan fingerprint density at radius 1 is 0.279 bits per heavy atom. The van der Waals surface area contributed by atoms with E-state index in [0.29, 0.717) is 0 Å². The van der Waals surface area contributed by atoms with Gasteiger partial charge in [0.05, 0.1) is 22.5 Å². The number of fused-ring (bicyclic) bond motifs is 11. The number of hydrogen-bond acceptors (Lipinski definition) is 2. The highest BCUT2D eigenvalue weighted by Crippen LogP contribution is 2.65. The first-order chi connectivity index (χ1) is 30.3. The van der Waals surface area contributed by atoms with Gasteiger partial charge in [-0.3, -0.25) is 0 Å². The standard InChI is InChI=1S/C59H40N2/c1-4-20-41(21-5-1)47-29-14-17-35-56(47)61(44-26-8-3-9-27-44)57-37-19-34-53-58(57)50-31-13-16-33-52(50)59(53)51-32-15-12-30-48(51)49-39-38-45(40-54(49)59)60(43-24-6-2-7-25-43)55-36-18-23-42-22-10-11-28-46(42)55/h1-40H. The quantitative estimate of drug-likeness (QED) is 0.159. The maximum Gasteiger partial charge on any atom is 0.0727 e. The maximum absolute atomic E-state index is 2.49. The summed E-state index contributed by atoms with van der Waals surface area (Å²) in [6.45, 7) is 0. The fourth-order valence-electron chi connectivity index (χ4n) is 10.4. The lowest BCUT2D eigenvalue weighted by molar-refractivity contribution is 0.793. The van der Waals surface area contributed by atoms with Crippen molar-refractivity contribution in [1.29, 1.82) is 0 Å². The molecule has 286 valence electrons. The minimum Gasteiger partial charge on any atom is -0.310 e. The van der Waals surface area contributed by atoms with E-state index in [1.165, 1.54) is 66.4 Å². The van der Waals surface area contributed by atoms with Crippen LogP contribution in [0.25, 0.3) is 44.2 Å². The summed E-state index contributed by atoms with van der Waals surface area (Å²) in [5, 5.41) is 2.43. The highest BCUT2D eigenvalue weighted by atomic mass is 15.2. The first-order valence-electron chi connectivity index (χ1n) is 21.1. The lowest BCUT2D eigenvalue weighted by Crippen LogP contribution is -2.26. The number of nitrogens with zero attached hydrogens (tertiary/aromatic N) is 2. The van der Waals surface area contributed by atoms with Crippen LogP contribution in [-0.4, -0.2) is 0 Å². The Morgan fingerprint density at radius 2 is 0.787 bits per heavy atom. The Labute approximate surface area is 356 Å². The van der Waals surface area contributed by atoms with Crippen molar-refractivity contribution in [2.75, 3.05) is 9.80 Å². The molecule has 0 amide bonds. The van der Waals surface area contributed by atoms with E-state index in [-0.39, 0.29) is 0 Å². The van der Waals surface area contributed by atoms with Crippen LogP contribution in [0.2, 0.25) is 0 Å². The molecule has 2 nitrogen and oxygen atoms in total. The van der Waals surface area contributed by atoms with Crippen LogP contribution >= 0.6 is 0 Å². The zero-order valence-corrected chi connectivity index (χ0v) is 33.5. The Kier molecular flexibility index (Phi) is 8.11. The third-order valence-electron chi connectivity index (χ3n) is 12.8.